The molecule has 5 heteroatoms. The zero-order valence-corrected chi connectivity index (χ0v) is 26.2. The van der Waals surface area contributed by atoms with E-state index >= 15 is 0 Å². The van der Waals surface area contributed by atoms with Gasteiger partial charge in [0, 0.05) is 33.5 Å². The van der Waals surface area contributed by atoms with Gasteiger partial charge >= 0.3 is 0 Å². The van der Waals surface area contributed by atoms with Crippen molar-refractivity contribution in [2.24, 2.45) is 0 Å². The molecule has 1 aliphatic heterocycles. The van der Waals surface area contributed by atoms with Crippen molar-refractivity contribution in [2.45, 2.75) is 31.3 Å². The van der Waals surface area contributed by atoms with Crippen molar-refractivity contribution in [1.82, 2.24) is 16.0 Å². The van der Waals surface area contributed by atoms with E-state index in [1.165, 1.54) is 33.2 Å². The van der Waals surface area contributed by atoms with Crippen LogP contribution in [-0.2, 0) is 6.42 Å². The van der Waals surface area contributed by atoms with Crippen LogP contribution in [0.2, 0.25) is 0 Å². The molecule has 0 saturated carbocycles. The zero-order chi connectivity index (χ0) is 31.6. The van der Waals surface area contributed by atoms with Crippen LogP contribution in [-0.4, -0.2) is 0 Å². The Labute approximate surface area is 277 Å². The SMILES string of the molecule is C1=Cc2c(oc3cccc(C4NC(c5ccc(-c6ccccc6)cc5)NC(c5cccc6ccc7c8ccccc8oc7c56)N4)c23)CC1. The number of hydrogen-bond acceptors (Lipinski definition) is 5. The minimum absolute atomic E-state index is 0.135. The second kappa shape index (κ2) is 11.1. The van der Waals surface area contributed by atoms with Crippen molar-refractivity contribution < 1.29 is 8.83 Å². The molecule has 232 valence electrons. The number of furan rings is 2. The number of hydrogen-bond donors (Lipinski definition) is 3. The summed E-state index contributed by atoms with van der Waals surface area (Å²) in [5, 5.41) is 17.5. The van der Waals surface area contributed by atoms with Crippen molar-refractivity contribution in [1.29, 1.82) is 0 Å². The molecule has 0 amide bonds. The molecule has 0 radical (unpaired) electrons. The minimum Gasteiger partial charge on any atom is -0.460 e. The number of para-hydroxylation sites is 1. The normalized spacial score (nSPS) is 19.4. The third kappa shape index (κ3) is 4.44. The minimum atomic E-state index is -0.189. The summed E-state index contributed by atoms with van der Waals surface area (Å²) in [5.74, 6) is 1.07. The first kappa shape index (κ1) is 27.6. The number of nitrogens with one attached hydrogen (secondary N) is 3. The molecule has 6 aromatic carbocycles. The lowest BCUT2D eigenvalue weighted by Gasteiger charge is -2.40. The Hall–Kier alpha value is -5.46. The average Bonchev–Trinajstić information content (AvgIpc) is 3.74. The third-order valence-electron chi connectivity index (χ3n) is 10.1. The average molecular weight is 624 g/mol. The molecule has 10 rings (SSSR count). The summed E-state index contributed by atoms with van der Waals surface area (Å²) in [6.45, 7) is 0. The van der Waals surface area contributed by atoms with Gasteiger partial charge in [0.2, 0.25) is 0 Å². The molecule has 3 atom stereocenters. The number of benzene rings is 6. The Morgan fingerprint density at radius 2 is 1.23 bits per heavy atom. The van der Waals surface area contributed by atoms with E-state index in [1.54, 1.807) is 0 Å². The lowest BCUT2D eigenvalue weighted by Crippen LogP contribution is -2.54. The Morgan fingerprint density at radius 1 is 0.521 bits per heavy atom. The summed E-state index contributed by atoms with van der Waals surface area (Å²) in [5.41, 5.74) is 9.85. The first-order chi connectivity index (χ1) is 23.8. The van der Waals surface area contributed by atoms with Crippen LogP contribution in [0.4, 0.5) is 0 Å². The first-order valence-electron chi connectivity index (χ1n) is 16.8. The highest BCUT2D eigenvalue weighted by Crippen LogP contribution is 2.41. The van der Waals surface area contributed by atoms with E-state index in [0.717, 1.165) is 62.5 Å². The van der Waals surface area contributed by atoms with Gasteiger partial charge in [-0.3, -0.25) is 16.0 Å². The lowest BCUT2D eigenvalue weighted by atomic mass is 9.95. The van der Waals surface area contributed by atoms with Gasteiger partial charge in [-0.15, -0.1) is 0 Å². The molecular formula is C43H33N3O2. The molecule has 2 aliphatic rings. The van der Waals surface area contributed by atoms with Crippen LogP contribution in [0.15, 0.2) is 142 Å². The largest absolute Gasteiger partial charge is 0.460 e. The standard InChI is InChI=1S/C43H33N3O2/c1-2-10-26(11-3-1)27-20-22-29(23-21-27)41-44-42(46-43(45-41)34-16-9-19-37-39(34)32-14-5-7-18-36(32)47-37)33-15-8-12-28-24-25-31-30-13-4-6-17-35(30)48-40(31)38(28)33/h1-6,8-17,19-25,41-46H,7,18H2. The van der Waals surface area contributed by atoms with Crippen LogP contribution in [0.3, 0.4) is 0 Å². The molecule has 3 unspecified atom stereocenters. The Kier molecular flexibility index (Phi) is 6.37. The summed E-state index contributed by atoms with van der Waals surface area (Å²) in [7, 11) is 0. The highest BCUT2D eigenvalue weighted by Gasteiger charge is 2.33. The molecule has 2 aromatic heterocycles. The van der Waals surface area contributed by atoms with Gasteiger partial charge in [0.1, 0.15) is 22.5 Å². The van der Waals surface area contributed by atoms with Crippen LogP contribution < -0.4 is 16.0 Å². The number of aryl methyl sites for hydroxylation is 1. The van der Waals surface area contributed by atoms with Crippen LogP contribution in [0, 0.1) is 0 Å². The van der Waals surface area contributed by atoms with Crippen molar-refractivity contribution in [3.63, 3.8) is 0 Å². The van der Waals surface area contributed by atoms with Gasteiger partial charge < -0.3 is 8.83 Å². The van der Waals surface area contributed by atoms with Crippen LogP contribution in [0.5, 0.6) is 0 Å². The fourth-order valence-electron chi connectivity index (χ4n) is 7.78. The summed E-state index contributed by atoms with van der Waals surface area (Å²) in [6, 6.07) is 45.1. The molecule has 1 saturated heterocycles. The molecule has 48 heavy (non-hydrogen) atoms. The van der Waals surface area contributed by atoms with Gasteiger partial charge in [-0.1, -0.05) is 121 Å². The monoisotopic (exact) mass is 623 g/mol. The Bertz CT molecular complexity index is 2510. The smallest absolute Gasteiger partial charge is 0.143 e. The maximum absolute atomic E-state index is 6.59. The van der Waals surface area contributed by atoms with Crippen molar-refractivity contribution >= 4 is 49.8 Å². The number of allylic oxidation sites excluding steroid dienone is 1. The van der Waals surface area contributed by atoms with Gasteiger partial charge in [-0.2, -0.15) is 0 Å². The fraction of sp³-hybridized carbons (Fsp3) is 0.116. The number of rotatable bonds is 4. The maximum atomic E-state index is 6.59. The van der Waals surface area contributed by atoms with E-state index in [9.17, 15) is 0 Å². The number of fused-ring (bicyclic) bond motifs is 8. The summed E-state index contributed by atoms with van der Waals surface area (Å²) in [6.07, 6.45) is 5.93. The first-order valence-corrected chi connectivity index (χ1v) is 16.8. The highest BCUT2D eigenvalue weighted by atomic mass is 16.3. The molecule has 0 spiro atoms. The summed E-state index contributed by atoms with van der Waals surface area (Å²) >= 11 is 0. The van der Waals surface area contributed by atoms with Crippen LogP contribution >= 0.6 is 0 Å². The molecule has 3 N–H and O–H groups in total. The lowest BCUT2D eigenvalue weighted by molar-refractivity contribution is 0.205. The van der Waals surface area contributed by atoms with E-state index in [0.29, 0.717) is 0 Å². The second-order valence-corrected chi connectivity index (χ2v) is 12.9. The maximum Gasteiger partial charge on any atom is 0.143 e. The van der Waals surface area contributed by atoms with Gasteiger partial charge in [0.15, 0.2) is 0 Å². The van der Waals surface area contributed by atoms with E-state index in [2.05, 4.69) is 149 Å². The van der Waals surface area contributed by atoms with E-state index in [-0.39, 0.29) is 18.5 Å². The van der Waals surface area contributed by atoms with E-state index < -0.39 is 0 Å². The van der Waals surface area contributed by atoms with Gasteiger partial charge in [0.05, 0.1) is 18.5 Å². The predicted octanol–water partition coefficient (Wildman–Crippen LogP) is 10.3. The van der Waals surface area contributed by atoms with Crippen LogP contribution in [0.25, 0.3) is 60.9 Å². The van der Waals surface area contributed by atoms with Crippen molar-refractivity contribution in [3.8, 4) is 11.1 Å². The summed E-state index contributed by atoms with van der Waals surface area (Å²) < 4.78 is 13.0. The molecule has 0 bridgehead atoms. The van der Waals surface area contributed by atoms with Gasteiger partial charge in [-0.25, -0.2) is 0 Å². The molecule has 3 heterocycles. The molecule has 8 aromatic rings. The van der Waals surface area contributed by atoms with Gasteiger partial charge in [0.25, 0.3) is 0 Å². The third-order valence-corrected chi connectivity index (χ3v) is 10.1. The summed E-state index contributed by atoms with van der Waals surface area (Å²) in [4.78, 5) is 0. The Morgan fingerprint density at radius 3 is 2.08 bits per heavy atom. The van der Waals surface area contributed by atoms with Crippen molar-refractivity contribution in [3.05, 3.63) is 161 Å². The van der Waals surface area contributed by atoms with E-state index in [1.807, 2.05) is 6.07 Å². The highest BCUT2D eigenvalue weighted by molar-refractivity contribution is 6.16. The van der Waals surface area contributed by atoms with Crippen LogP contribution in [0.1, 0.15) is 52.9 Å². The topological polar surface area (TPSA) is 62.4 Å². The molecular weight excluding hydrogens is 590 g/mol. The molecule has 5 nitrogen and oxygen atoms in total. The Balaban J connectivity index is 1.13. The zero-order valence-electron chi connectivity index (χ0n) is 26.2. The second-order valence-electron chi connectivity index (χ2n) is 12.9. The van der Waals surface area contributed by atoms with Gasteiger partial charge in [-0.05, 0) is 57.8 Å². The molecule has 1 aliphatic carbocycles. The molecule has 1 fully saturated rings. The van der Waals surface area contributed by atoms with Crippen molar-refractivity contribution in [2.75, 3.05) is 0 Å². The fourth-order valence-corrected chi connectivity index (χ4v) is 7.78. The quantitative estimate of drug-likeness (QED) is 0.182. The predicted molar refractivity (Wildman–Crippen MR) is 194 cm³/mol. The van der Waals surface area contributed by atoms with E-state index in [4.69, 9.17) is 8.83 Å².